The molecule has 0 amide bonds. The number of halogens is 1. The molecule has 4 aromatic rings. The van der Waals surface area contributed by atoms with E-state index in [9.17, 15) is 0 Å². The van der Waals surface area contributed by atoms with E-state index in [2.05, 4.69) is 35.4 Å². The van der Waals surface area contributed by atoms with Gasteiger partial charge >= 0.3 is 0 Å². The summed E-state index contributed by atoms with van der Waals surface area (Å²) in [4.78, 5) is 4.80. The maximum atomic E-state index is 6.35. The van der Waals surface area contributed by atoms with E-state index in [1.165, 1.54) is 0 Å². The van der Waals surface area contributed by atoms with Crippen LogP contribution in [0.15, 0.2) is 54.6 Å². The Kier molecular flexibility index (Phi) is 5.37. The minimum Gasteiger partial charge on any atom is -0.323 e. The van der Waals surface area contributed by atoms with Crippen molar-refractivity contribution in [3.8, 4) is 11.3 Å². The number of para-hydroxylation sites is 1. The predicted molar refractivity (Wildman–Crippen MR) is 104 cm³/mol. The van der Waals surface area contributed by atoms with Crippen LogP contribution in [0.1, 0.15) is 11.1 Å². The Labute approximate surface area is 168 Å². The Hall–Kier alpha value is -2.27. The van der Waals surface area contributed by atoms with Gasteiger partial charge in [0, 0.05) is 34.5 Å². The number of aromatic nitrogens is 3. The van der Waals surface area contributed by atoms with Gasteiger partial charge in [-0.2, -0.15) is 5.10 Å². The van der Waals surface area contributed by atoms with Crippen LogP contribution in [0, 0.1) is 13.8 Å². The molecular weight excluding hydrogens is 383 g/mol. The normalized spacial score (nSPS) is 10.6. The van der Waals surface area contributed by atoms with Crippen molar-refractivity contribution in [2.45, 2.75) is 13.8 Å². The molecule has 0 aliphatic rings. The van der Waals surface area contributed by atoms with Crippen molar-refractivity contribution in [3.63, 3.8) is 0 Å². The predicted octanol–water partition coefficient (Wildman–Crippen LogP) is 5.64. The van der Waals surface area contributed by atoms with E-state index < -0.39 is 0 Å². The number of nitrogens with one attached hydrogen (secondary N) is 2. The molecule has 0 aliphatic heterocycles. The number of nitrogens with zero attached hydrogens (tertiary/aromatic N) is 2. The van der Waals surface area contributed by atoms with E-state index in [4.69, 9.17) is 16.6 Å². The molecule has 26 heavy (non-hydrogen) atoms. The number of rotatable bonds is 3. The van der Waals surface area contributed by atoms with Crippen LogP contribution in [-0.2, 0) is 18.6 Å². The van der Waals surface area contributed by atoms with Crippen LogP contribution in [0.4, 0.5) is 11.6 Å². The molecule has 6 heteroatoms. The van der Waals surface area contributed by atoms with Gasteiger partial charge in [0.05, 0.1) is 11.2 Å². The maximum absolute atomic E-state index is 6.35. The largest absolute Gasteiger partial charge is 0.323 e. The molecule has 0 fully saturated rings. The standard InChI is InChI=1S/C20H17ClN4.V/c1-12-11-18(14-7-3-5-9-16(14)21)22-19(13(12)2)23-20-15-8-4-6-10-17(15)24-25-20;/h3-11H,1-2H3,(H2,22,23,24,25);. The van der Waals surface area contributed by atoms with Gasteiger partial charge in [-0.3, -0.25) is 5.10 Å². The topological polar surface area (TPSA) is 53.6 Å². The van der Waals surface area contributed by atoms with Crippen LogP contribution in [-0.4, -0.2) is 15.2 Å². The Balaban J connectivity index is 0.00000196. The van der Waals surface area contributed by atoms with E-state index in [0.717, 1.165) is 44.9 Å². The number of anilines is 2. The number of pyridine rings is 1. The van der Waals surface area contributed by atoms with Crippen LogP contribution in [0.25, 0.3) is 22.2 Å². The smallest absolute Gasteiger partial charge is 0.161 e. The first-order valence-corrected chi connectivity index (χ1v) is 8.44. The number of aryl methyl sites for hydroxylation is 1. The number of fused-ring (bicyclic) bond motifs is 1. The summed E-state index contributed by atoms with van der Waals surface area (Å²) in [5.41, 5.74) is 4.98. The van der Waals surface area contributed by atoms with Gasteiger partial charge in [0.25, 0.3) is 0 Å². The van der Waals surface area contributed by atoms with Gasteiger partial charge in [-0.25, -0.2) is 4.98 Å². The first kappa shape index (κ1) is 18.5. The van der Waals surface area contributed by atoms with E-state index in [1.807, 2.05) is 48.5 Å². The van der Waals surface area contributed by atoms with Gasteiger partial charge in [0.15, 0.2) is 5.82 Å². The van der Waals surface area contributed by atoms with Gasteiger partial charge in [0.2, 0.25) is 0 Å². The Morgan fingerprint density at radius 3 is 2.50 bits per heavy atom. The van der Waals surface area contributed by atoms with Crippen LogP contribution >= 0.6 is 11.6 Å². The second-order valence-electron chi connectivity index (χ2n) is 6.02. The van der Waals surface area contributed by atoms with Crippen molar-refractivity contribution in [1.82, 2.24) is 15.2 Å². The van der Waals surface area contributed by atoms with Crippen molar-refractivity contribution in [3.05, 3.63) is 70.7 Å². The number of benzene rings is 2. The first-order chi connectivity index (χ1) is 12.1. The minimum atomic E-state index is 0. The fourth-order valence-electron chi connectivity index (χ4n) is 2.84. The third-order valence-corrected chi connectivity index (χ3v) is 4.72. The average molecular weight is 400 g/mol. The van der Waals surface area contributed by atoms with E-state index in [-0.39, 0.29) is 18.6 Å². The molecular formula is C20H17ClN4V. The molecule has 1 radical (unpaired) electrons. The van der Waals surface area contributed by atoms with Gasteiger partial charge in [0.1, 0.15) is 5.82 Å². The monoisotopic (exact) mass is 399 g/mol. The molecule has 0 spiro atoms. The number of H-pyrrole nitrogens is 1. The maximum Gasteiger partial charge on any atom is 0.161 e. The zero-order valence-electron chi connectivity index (χ0n) is 14.4. The Bertz CT molecular complexity index is 1070. The van der Waals surface area contributed by atoms with Gasteiger partial charge in [-0.15, -0.1) is 0 Å². The molecule has 0 bridgehead atoms. The molecule has 2 N–H and O–H groups in total. The van der Waals surface area contributed by atoms with Gasteiger partial charge < -0.3 is 5.32 Å². The number of hydrogen-bond donors (Lipinski definition) is 2. The van der Waals surface area contributed by atoms with Gasteiger partial charge in [-0.1, -0.05) is 41.9 Å². The van der Waals surface area contributed by atoms with Crippen LogP contribution in [0.2, 0.25) is 5.02 Å². The third kappa shape index (κ3) is 3.36. The molecule has 2 heterocycles. The number of hydrogen-bond acceptors (Lipinski definition) is 3. The average Bonchev–Trinajstić information content (AvgIpc) is 3.02. The van der Waals surface area contributed by atoms with Gasteiger partial charge in [-0.05, 0) is 49.2 Å². The molecule has 0 aliphatic carbocycles. The fraction of sp³-hybridized carbons (Fsp3) is 0.100. The minimum absolute atomic E-state index is 0. The first-order valence-electron chi connectivity index (χ1n) is 8.07. The van der Waals surface area contributed by atoms with Crippen molar-refractivity contribution in [2.24, 2.45) is 0 Å². The summed E-state index contributed by atoms with van der Waals surface area (Å²) in [7, 11) is 0. The van der Waals surface area contributed by atoms with Crippen LogP contribution in [0.3, 0.4) is 0 Å². The fourth-order valence-corrected chi connectivity index (χ4v) is 3.07. The van der Waals surface area contributed by atoms with Crippen LogP contribution < -0.4 is 5.32 Å². The summed E-state index contributed by atoms with van der Waals surface area (Å²) in [5, 5.41) is 12.5. The Morgan fingerprint density at radius 1 is 0.962 bits per heavy atom. The Morgan fingerprint density at radius 2 is 1.69 bits per heavy atom. The zero-order valence-corrected chi connectivity index (χ0v) is 16.6. The zero-order chi connectivity index (χ0) is 17.4. The second-order valence-corrected chi connectivity index (χ2v) is 6.43. The molecule has 0 unspecified atom stereocenters. The molecule has 0 atom stereocenters. The summed E-state index contributed by atoms with van der Waals surface area (Å²) >= 11 is 6.35. The quantitative estimate of drug-likeness (QED) is 0.469. The summed E-state index contributed by atoms with van der Waals surface area (Å²) in [6.45, 7) is 4.13. The summed E-state index contributed by atoms with van der Waals surface area (Å²) in [6.07, 6.45) is 0. The van der Waals surface area contributed by atoms with Crippen molar-refractivity contribution in [1.29, 1.82) is 0 Å². The SMILES string of the molecule is Cc1cc(-c2ccccc2Cl)nc(Nc2n[nH]c3ccccc23)c1C.[V]. The van der Waals surface area contributed by atoms with Crippen molar-refractivity contribution in [2.75, 3.05) is 5.32 Å². The third-order valence-electron chi connectivity index (χ3n) is 4.39. The van der Waals surface area contributed by atoms with E-state index in [1.54, 1.807) is 0 Å². The number of aromatic amines is 1. The molecule has 4 rings (SSSR count). The molecule has 0 saturated carbocycles. The summed E-state index contributed by atoms with van der Waals surface area (Å²) in [5.74, 6) is 1.55. The van der Waals surface area contributed by atoms with Crippen molar-refractivity contribution >= 4 is 34.1 Å². The molecule has 0 saturated heterocycles. The van der Waals surface area contributed by atoms with Crippen LogP contribution in [0.5, 0.6) is 0 Å². The van der Waals surface area contributed by atoms with Crippen molar-refractivity contribution < 1.29 is 18.6 Å². The van der Waals surface area contributed by atoms with E-state index >= 15 is 0 Å². The van der Waals surface area contributed by atoms with E-state index in [0.29, 0.717) is 5.02 Å². The molecule has 2 aromatic heterocycles. The molecule has 2 aromatic carbocycles. The molecule has 129 valence electrons. The second kappa shape index (κ2) is 7.54. The summed E-state index contributed by atoms with van der Waals surface area (Å²) in [6, 6.07) is 17.8. The summed E-state index contributed by atoms with van der Waals surface area (Å²) < 4.78 is 0. The molecule has 4 nitrogen and oxygen atoms in total.